The SMILES string of the molecule is CC(C)(C)OC(=O)N1CCC2(CC1)CN(c1cc(C#N)nc(Cl)n1)C2. The number of amides is 1. The lowest BCUT2D eigenvalue weighted by Crippen LogP contribution is -2.61. The molecule has 3 rings (SSSR count). The van der Waals surface area contributed by atoms with Crippen molar-refractivity contribution >= 4 is 23.5 Å². The topological polar surface area (TPSA) is 82.4 Å². The van der Waals surface area contributed by atoms with Crippen LogP contribution in [0.2, 0.25) is 5.28 Å². The second-order valence-electron chi connectivity index (χ2n) is 7.82. The highest BCUT2D eigenvalue weighted by Gasteiger charge is 2.46. The van der Waals surface area contributed by atoms with E-state index in [4.69, 9.17) is 21.6 Å². The van der Waals surface area contributed by atoms with E-state index in [1.165, 1.54) is 0 Å². The quantitative estimate of drug-likeness (QED) is 0.713. The molecule has 0 radical (unpaired) electrons. The zero-order chi connectivity index (χ0) is 18.2. The molecule has 2 saturated heterocycles. The molecule has 1 aromatic heterocycles. The average Bonchev–Trinajstić information content (AvgIpc) is 2.50. The van der Waals surface area contributed by atoms with Gasteiger partial charge in [0.2, 0.25) is 5.28 Å². The minimum Gasteiger partial charge on any atom is -0.444 e. The van der Waals surface area contributed by atoms with E-state index in [2.05, 4.69) is 14.9 Å². The standard InChI is InChI=1S/C17H22ClN5O2/c1-16(2,3)25-15(24)22-6-4-17(5-7-22)10-23(11-17)13-8-12(9-19)20-14(18)21-13/h8H,4-7,10-11H2,1-3H3. The van der Waals surface area contributed by atoms with Crippen LogP contribution in [0.3, 0.4) is 0 Å². The second-order valence-corrected chi connectivity index (χ2v) is 8.15. The summed E-state index contributed by atoms with van der Waals surface area (Å²) in [6.07, 6.45) is 1.64. The highest BCUT2D eigenvalue weighted by molar-refractivity contribution is 6.28. The summed E-state index contributed by atoms with van der Waals surface area (Å²) in [5, 5.41) is 9.09. The van der Waals surface area contributed by atoms with Gasteiger partial charge in [-0.05, 0) is 45.2 Å². The van der Waals surface area contributed by atoms with Gasteiger partial charge in [-0.1, -0.05) is 0 Å². The van der Waals surface area contributed by atoms with Gasteiger partial charge in [-0.3, -0.25) is 0 Å². The highest BCUT2D eigenvalue weighted by atomic mass is 35.5. The molecule has 0 saturated carbocycles. The van der Waals surface area contributed by atoms with E-state index in [-0.39, 0.29) is 22.5 Å². The van der Waals surface area contributed by atoms with Gasteiger partial charge < -0.3 is 14.5 Å². The van der Waals surface area contributed by atoms with E-state index in [1.807, 2.05) is 26.8 Å². The Morgan fingerprint density at radius 3 is 2.52 bits per heavy atom. The van der Waals surface area contributed by atoms with Gasteiger partial charge in [0.15, 0.2) is 0 Å². The fourth-order valence-electron chi connectivity index (χ4n) is 3.36. The van der Waals surface area contributed by atoms with Crippen molar-refractivity contribution in [2.45, 2.75) is 39.2 Å². The van der Waals surface area contributed by atoms with Gasteiger partial charge >= 0.3 is 6.09 Å². The molecule has 2 fully saturated rings. The average molecular weight is 364 g/mol. The van der Waals surface area contributed by atoms with Crippen LogP contribution in [-0.2, 0) is 4.74 Å². The largest absolute Gasteiger partial charge is 0.444 e. The molecule has 3 heterocycles. The maximum atomic E-state index is 12.2. The summed E-state index contributed by atoms with van der Waals surface area (Å²) in [4.78, 5) is 24.1. The smallest absolute Gasteiger partial charge is 0.410 e. The normalized spacial score (nSPS) is 19.3. The Kier molecular flexibility index (Phi) is 4.50. The van der Waals surface area contributed by atoms with Crippen LogP contribution < -0.4 is 4.90 Å². The van der Waals surface area contributed by atoms with Crippen molar-refractivity contribution in [1.82, 2.24) is 14.9 Å². The van der Waals surface area contributed by atoms with Gasteiger partial charge in [0, 0.05) is 37.7 Å². The van der Waals surface area contributed by atoms with E-state index in [1.54, 1.807) is 11.0 Å². The minimum absolute atomic E-state index is 0.0924. The Morgan fingerprint density at radius 2 is 1.96 bits per heavy atom. The fraction of sp³-hybridized carbons (Fsp3) is 0.647. The Labute approximate surface area is 152 Å². The molecule has 1 amide bonds. The number of carbonyl (C=O) groups is 1. The van der Waals surface area contributed by atoms with Crippen molar-refractivity contribution in [1.29, 1.82) is 5.26 Å². The summed E-state index contributed by atoms with van der Waals surface area (Å²) < 4.78 is 5.44. The number of halogens is 1. The van der Waals surface area contributed by atoms with Crippen LogP contribution in [0.15, 0.2) is 6.07 Å². The number of anilines is 1. The van der Waals surface area contributed by atoms with Gasteiger partial charge in [-0.25, -0.2) is 14.8 Å². The van der Waals surface area contributed by atoms with Crippen molar-refractivity contribution in [3.05, 3.63) is 17.0 Å². The number of hydrogen-bond donors (Lipinski definition) is 0. The lowest BCUT2D eigenvalue weighted by atomic mass is 9.72. The maximum absolute atomic E-state index is 12.2. The van der Waals surface area contributed by atoms with E-state index >= 15 is 0 Å². The van der Waals surface area contributed by atoms with Crippen LogP contribution >= 0.6 is 11.6 Å². The number of likely N-dealkylation sites (tertiary alicyclic amines) is 1. The zero-order valence-corrected chi connectivity index (χ0v) is 15.5. The van der Waals surface area contributed by atoms with Crippen molar-refractivity contribution in [3.8, 4) is 6.07 Å². The molecule has 0 aliphatic carbocycles. The molecule has 2 aliphatic heterocycles. The van der Waals surface area contributed by atoms with Crippen molar-refractivity contribution < 1.29 is 9.53 Å². The van der Waals surface area contributed by atoms with Crippen molar-refractivity contribution in [2.24, 2.45) is 5.41 Å². The van der Waals surface area contributed by atoms with Crippen LogP contribution in [0, 0.1) is 16.7 Å². The Morgan fingerprint density at radius 1 is 1.32 bits per heavy atom. The number of nitrogens with zero attached hydrogens (tertiary/aromatic N) is 5. The number of nitriles is 1. The molecule has 0 bridgehead atoms. The van der Waals surface area contributed by atoms with Crippen molar-refractivity contribution in [3.63, 3.8) is 0 Å². The number of piperidine rings is 1. The van der Waals surface area contributed by atoms with Crippen LogP contribution in [0.25, 0.3) is 0 Å². The van der Waals surface area contributed by atoms with Crippen LogP contribution in [0.4, 0.5) is 10.6 Å². The molecule has 1 aromatic rings. The van der Waals surface area contributed by atoms with E-state index < -0.39 is 5.60 Å². The van der Waals surface area contributed by atoms with Gasteiger partial charge in [0.25, 0.3) is 0 Å². The summed E-state index contributed by atoms with van der Waals surface area (Å²) in [6, 6.07) is 3.66. The number of ether oxygens (including phenoxy) is 1. The third kappa shape index (κ3) is 3.96. The van der Waals surface area contributed by atoms with E-state index in [9.17, 15) is 4.79 Å². The molecule has 0 atom stereocenters. The molecule has 1 spiro atoms. The summed E-state index contributed by atoms with van der Waals surface area (Å²) in [5.74, 6) is 0.691. The van der Waals surface area contributed by atoms with Gasteiger partial charge in [-0.2, -0.15) is 5.26 Å². The van der Waals surface area contributed by atoms with Crippen molar-refractivity contribution in [2.75, 3.05) is 31.1 Å². The first-order chi connectivity index (χ1) is 11.7. The molecule has 0 unspecified atom stereocenters. The first-order valence-electron chi connectivity index (χ1n) is 8.37. The summed E-state index contributed by atoms with van der Waals surface area (Å²) >= 11 is 5.88. The first-order valence-corrected chi connectivity index (χ1v) is 8.75. The van der Waals surface area contributed by atoms with Gasteiger partial charge in [-0.15, -0.1) is 0 Å². The Balaban J connectivity index is 1.56. The third-order valence-corrected chi connectivity index (χ3v) is 4.82. The van der Waals surface area contributed by atoms with Gasteiger partial charge in [0.1, 0.15) is 23.2 Å². The second kappa shape index (κ2) is 6.34. The Bertz CT molecular complexity index is 709. The van der Waals surface area contributed by atoms with Crippen LogP contribution in [0.5, 0.6) is 0 Å². The number of hydrogen-bond acceptors (Lipinski definition) is 6. The maximum Gasteiger partial charge on any atom is 0.410 e. The summed E-state index contributed by atoms with van der Waals surface area (Å²) in [6.45, 7) is 8.75. The predicted molar refractivity (Wildman–Crippen MR) is 93.4 cm³/mol. The fourth-order valence-corrected chi connectivity index (χ4v) is 3.53. The monoisotopic (exact) mass is 363 g/mol. The molecule has 25 heavy (non-hydrogen) atoms. The molecule has 7 nitrogen and oxygen atoms in total. The minimum atomic E-state index is -0.468. The third-order valence-electron chi connectivity index (χ3n) is 4.65. The number of rotatable bonds is 1. The lowest BCUT2D eigenvalue weighted by Gasteiger charge is -2.54. The molecular formula is C17H22ClN5O2. The molecule has 134 valence electrons. The molecule has 0 N–H and O–H groups in total. The summed E-state index contributed by atoms with van der Waals surface area (Å²) in [5.41, 5.74) is 0.00292. The van der Waals surface area contributed by atoms with E-state index in [0.29, 0.717) is 18.9 Å². The lowest BCUT2D eigenvalue weighted by molar-refractivity contribution is 0.00589. The van der Waals surface area contributed by atoms with Crippen LogP contribution in [0.1, 0.15) is 39.3 Å². The zero-order valence-electron chi connectivity index (χ0n) is 14.8. The highest BCUT2D eigenvalue weighted by Crippen LogP contribution is 2.42. The predicted octanol–water partition coefficient (Wildman–Crippen LogP) is 2.84. The molecule has 0 aromatic carbocycles. The number of carbonyl (C=O) groups excluding carboxylic acids is 1. The first kappa shape index (κ1) is 17.7. The van der Waals surface area contributed by atoms with Gasteiger partial charge in [0.05, 0.1) is 0 Å². The summed E-state index contributed by atoms with van der Waals surface area (Å²) in [7, 11) is 0. The van der Waals surface area contributed by atoms with Crippen LogP contribution in [-0.4, -0.2) is 52.7 Å². The molecular weight excluding hydrogens is 342 g/mol. The molecule has 8 heteroatoms. The molecule has 2 aliphatic rings. The Hall–Kier alpha value is -2.07. The number of aromatic nitrogens is 2. The van der Waals surface area contributed by atoms with E-state index in [0.717, 1.165) is 25.9 Å².